The van der Waals surface area contributed by atoms with E-state index < -0.39 is 0 Å². The first-order chi connectivity index (χ1) is 9.31. The molecule has 1 heterocycles. The number of hydrogen-bond donors (Lipinski definition) is 1. The Morgan fingerprint density at radius 3 is 2.58 bits per heavy atom. The fourth-order valence-corrected chi connectivity index (χ4v) is 2.41. The second-order valence-electron chi connectivity index (χ2n) is 4.86. The van der Waals surface area contributed by atoms with Crippen LogP contribution in [-0.2, 0) is 0 Å². The van der Waals surface area contributed by atoms with Gasteiger partial charge in [-0.3, -0.25) is 4.90 Å². The summed E-state index contributed by atoms with van der Waals surface area (Å²) in [6, 6.07) is 8.74. The molecule has 0 aromatic heterocycles. The van der Waals surface area contributed by atoms with Crippen LogP contribution in [0.3, 0.4) is 0 Å². The summed E-state index contributed by atoms with van der Waals surface area (Å²) in [6.07, 6.45) is 7.63. The quantitative estimate of drug-likeness (QED) is 0.822. The zero-order valence-corrected chi connectivity index (χ0v) is 11.6. The molecule has 1 saturated heterocycles. The van der Waals surface area contributed by atoms with Crippen molar-refractivity contribution in [3.63, 3.8) is 0 Å². The minimum atomic E-state index is 0.548. The Morgan fingerprint density at radius 1 is 1.32 bits per heavy atom. The summed E-state index contributed by atoms with van der Waals surface area (Å²) in [5, 5.41) is 3.58. The highest BCUT2D eigenvalue weighted by molar-refractivity contribution is 5.47. The van der Waals surface area contributed by atoms with Gasteiger partial charge >= 0.3 is 0 Å². The summed E-state index contributed by atoms with van der Waals surface area (Å²) in [4.78, 5) is 2.33. The van der Waals surface area contributed by atoms with Gasteiger partial charge in [-0.05, 0) is 44.0 Å². The van der Waals surface area contributed by atoms with Gasteiger partial charge in [-0.1, -0.05) is 5.92 Å². The minimum Gasteiger partial charge on any atom is -0.494 e. The Labute approximate surface area is 115 Å². The van der Waals surface area contributed by atoms with E-state index >= 15 is 0 Å². The molecule has 0 aliphatic carbocycles. The number of hydrogen-bond acceptors (Lipinski definition) is 3. The Hall–Kier alpha value is -1.66. The molecule has 0 amide bonds. The van der Waals surface area contributed by atoms with E-state index in [0.717, 1.165) is 38.2 Å². The molecule has 0 bridgehead atoms. The van der Waals surface area contributed by atoms with Gasteiger partial charge in [0.2, 0.25) is 0 Å². The summed E-state index contributed by atoms with van der Waals surface area (Å²) in [6.45, 7) is 5.64. The zero-order valence-electron chi connectivity index (χ0n) is 11.6. The fraction of sp³-hybridized carbons (Fsp3) is 0.500. The highest BCUT2D eigenvalue weighted by Gasteiger charge is 2.17. The Bertz CT molecular complexity index is 413. The molecule has 1 N–H and O–H groups in total. The van der Waals surface area contributed by atoms with Crippen molar-refractivity contribution in [2.24, 2.45) is 0 Å². The van der Waals surface area contributed by atoms with E-state index in [1.807, 2.05) is 19.1 Å². The van der Waals surface area contributed by atoms with E-state index in [2.05, 4.69) is 28.3 Å². The van der Waals surface area contributed by atoms with Gasteiger partial charge in [-0.25, -0.2) is 0 Å². The molecule has 19 heavy (non-hydrogen) atoms. The molecule has 0 saturated carbocycles. The standard InChI is InChI=1S/C16H22N2O/c1-3-11-18-12-9-15(10-13-18)17-14-5-7-16(8-6-14)19-4-2/h1,5-8,15,17H,4,9-13H2,2H3. The van der Waals surface area contributed by atoms with Crippen molar-refractivity contribution < 1.29 is 4.74 Å². The second kappa shape index (κ2) is 7.06. The van der Waals surface area contributed by atoms with Gasteiger partial charge in [0, 0.05) is 24.8 Å². The smallest absolute Gasteiger partial charge is 0.119 e. The third kappa shape index (κ3) is 4.18. The first-order valence-electron chi connectivity index (χ1n) is 6.97. The highest BCUT2D eigenvalue weighted by atomic mass is 16.5. The molecule has 3 nitrogen and oxygen atoms in total. The van der Waals surface area contributed by atoms with E-state index in [1.165, 1.54) is 5.69 Å². The van der Waals surface area contributed by atoms with Crippen LogP contribution in [0.2, 0.25) is 0 Å². The third-order valence-electron chi connectivity index (χ3n) is 3.44. The first-order valence-corrected chi connectivity index (χ1v) is 6.97. The van der Waals surface area contributed by atoms with Crippen LogP contribution in [0.25, 0.3) is 0 Å². The van der Waals surface area contributed by atoms with Crippen LogP contribution in [-0.4, -0.2) is 37.2 Å². The molecule has 0 radical (unpaired) electrons. The SMILES string of the molecule is C#CCN1CCC(Nc2ccc(OCC)cc2)CC1. The number of nitrogens with one attached hydrogen (secondary N) is 1. The maximum Gasteiger partial charge on any atom is 0.119 e. The zero-order chi connectivity index (χ0) is 13.5. The Morgan fingerprint density at radius 2 is 2.00 bits per heavy atom. The number of anilines is 1. The van der Waals surface area contributed by atoms with Crippen molar-refractivity contribution >= 4 is 5.69 Å². The van der Waals surface area contributed by atoms with Crippen LogP contribution >= 0.6 is 0 Å². The van der Waals surface area contributed by atoms with Crippen molar-refractivity contribution in [2.45, 2.75) is 25.8 Å². The maximum absolute atomic E-state index is 5.44. The number of ether oxygens (including phenoxy) is 1. The molecular weight excluding hydrogens is 236 g/mol. The third-order valence-corrected chi connectivity index (χ3v) is 3.44. The van der Waals surface area contributed by atoms with Crippen LogP contribution in [0.1, 0.15) is 19.8 Å². The number of piperidine rings is 1. The van der Waals surface area contributed by atoms with Crippen molar-refractivity contribution in [3.8, 4) is 18.1 Å². The first kappa shape index (κ1) is 13.8. The van der Waals surface area contributed by atoms with E-state index in [-0.39, 0.29) is 0 Å². The van der Waals surface area contributed by atoms with E-state index in [0.29, 0.717) is 12.6 Å². The normalized spacial score (nSPS) is 16.8. The maximum atomic E-state index is 5.44. The average molecular weight is 258 g/mol. The van der Waals surface area contributed by atoms with Crippen molar-refractivity contribution in [2.75, 3.05) is 31.6 Å². The van der Waals surface area contributed by atoms with Crippen LogP contribution < -0.4 is 10.1 Å². The van der Waals surface area contributed by atoms with Crippen LogP contribution in [0.5, 0.6) is 5.75 Å². The summed E-state index contributed by atoms with van der Waals surface area (Å²) in [5.74, 6) is 3.64. The molecule has 0 unspecified atom stereocenters. The lowest BCUT2D eigenvalue weighted by molar-refractivity contribution is 0.243. The molecule has 3 heteroatoms. The molecule has 1 aliphatic heterocycles. The summed E-state index contributed by atoms with van der Waals surface area (Å²) in [5.41, 5.74) is 1.17. The predicted octanol–water partition coefficient (Wildman–Crippen LogP) is 2.59. The second-order valence-corrected chi connectivity index (χ2v) is 4.86. The van der Waals surface area contributed by atoms with E-state index in [4.69, 9.17) is 11.2 Å². The molecule has 1 aliphatic rings. The lowest BCUT2D eigenvalue weighted by atomic mass is 10.0. The Kier molecular flexibility index (Phi) is 5.11. The average Bonchev–Trinajstić information content (AvgIpc) is 2.44. The largest absolute Gasteiger partial charge is 0.494 e. The van der Waals surface area contributed by atoms with Crippen molar-refractivity contribution in [3.05, 3.63) is 24.3 Å². The highest BCUT2D eigenvalue weighted by Crippen LogP contribution is 2.19. The molecule has 1 aromatic rings. The van der Waals surface area contributed by atoms with Crippen LogP contribution in [0.4, 0.5) is 5.69 Å². The van der Waals surface area contributed by atoms with Crippen LogP contribution in [0, 0.1) is 12.3 Å². The lowest BCUT2D eigenvalue weighted by Gasteiger charge is -2.31. The summed E-state index contributed by atoms with van der Waals surface area (Å²) < 4.78 is 5.44. The number of likely N-dealkylation sites (tertiary alicyclic amines) is 1. The fourth-order valence-electron chi connectivity index (χ4n) is 2.41. The van der Waals surface area contributed by atoms with Gasteiger partial charge in [0.05, 0.1) is 13.2 Å². The molecule has 102 valence electrons. The molecule has 2 rings (SSSR count). The van der Waals surface area contributed by atoms with Gasteiger partial charge in [0.1, 0.15) is 5.75 Å². The van der Waals surface area contributed by atoms with Gasteiger partial charge < -0.3 is 10.1 Å². The number of nitrogens with zero attached hydrogens (tertiary/aromatic N) is 1. The molecule has 0 spiro atoms. The summed E-state index contributed by atoms with van der Waals surface area (Å²) >= 11 is 0. The Balaban J connectivity index is 1.80. The number of rotatable bonds is 5. The van der Waals surface area contributed by atoms with Gasteiger partial charge in [-0.2, -0.15) is 0 Å². The van der Waals surface area contributed by atoms with E-state index in [1.54, 1.807) is 0 Å². The summed E-state index contributed by atoms with van der Waals surface area (Å²) in [7, 11) is 0. The van der Waals surface area contributed by atoms with Crippen molar-refractivity contribution in [1.82, 2.24) is 4.90 Å². The molecule has 0 atom stereocenters. The predicted molar refractivity (Wildman–Crippen MR) is 79.5 cm³/mol. The van der Waals surface area contributed by atoms with Gasteiger partial charge in [0.25, 0.3) is 0 Å². The van der Waals surface area contributed by atoms with Crippen LogP contribution in [0.15, 0.2) is 24.3 Å². The molecule has 1 fully saturated rings. The molecular formula is C16H22N2O. The molecule has 1 aromatic carbocycles. The topological polar surface area (TPSA) is 24.5 Å². The van der Waals surface area contributed by atoms with Crippen molar-refractivity contribution in [1.29, 1.82) is 0 Å². The van der Waals surface area contributed by atoms with Gasteiger partial charge in [0.15, 0.2) is 0 Å². The van der Waals surface area contributed by atoms with E-state index in [9.17, 15) is 0 Å². The van der Waals surface area contributed by atoms with Gasteiger partial charge in [-0.15, -0.1) is 6.42 Å². The lowest BCUT2D eigenvalue weighted by Crippen LogP contribution is -2.39. The monoisotopic (exact) mass is 258 g/mol. The number of benzene rings is 1. The minimum absolute atomic E-state index is 0.548. The number of terminal acetylenes is 1.